The van der Waals surface area contributed by atoms with Crippen molar-refractivity contribution in [1.82, 2.24) is 0 Å². The third-order valence-corrected chi connectivity index (χ3v) is 6.84. The third kappa shape index (κ3) is 3.48. The van der Waals surface area contributed by atoms with E-state index in [-0.39, 0.29) is 0 Å². The predicted molar refractivity (Wildman–Crippen MR) is 140 cm³/mol. The Labute approximate surface area is 200 Å². The van der Waals surface area contributed by atoms with Gasteiger partial charge in [-0.1, -0.05) is 91.0 Å². The summed E-state index contributed by atoms with van der Waals surface area (Å²) in [4.78, 5) is 0. The second-order valence-electron chi connectivity index (χ2n) is 8.87. The maximum Gasteiger partial charge on any atom is 0.178 e. The molecule has 0 N–H and O–H groups in total. The highest BCUT2D eigenvalue weighted by Gasteiger charge is 2.37. The lowest BCUT2D eigenvalue weighted by atomic mass is 9.82. The van der Waals surface area contributed by atoms with Crippen LogP contribution in [0.2, 0.25) is 0 Å². The molecule has 0 saturated heterocycles. The minimum absolute atomic E-state index is 0.709. The average Bonchev–Trinajstić information content (AvgIpc) is 2.91. The fourth-order valence-corrected chi connectivity index (χ4v) is 4.98. The smallest absolute Gasteiger partial charge is 0.178 e. The van der Waals surface area contributed by atoms with Crippen LogP contribution in [0.3, 0.4) is 0 Å². The molecule has 5 aromatic rings. The van der Waals surface area contributed by atoms with E-state index in [0.29, 0.717) is 6.61 Å². The Kier molecular flexibility index (Phi) is 5.16. The van der Waals surface area contributed by atoms with Gasteiger partial charge < -0.3 is 9.47 Å². The summed E-state index contributed by atoms with van der Waals surface area (Å²) >= 11 is 0. The molecule has 2 nitrogen and oxygen atoms in total. The van der Waals surface area contributed by atoms with E-state index in [4.69, 9.17) is 9.47 Å². The Hall–Kier alpha value is -3.88. The highest BCUT2D eigenvalue weighted by Crippen LogP contribution is 2.44. The summed E-state index contributed by atoms with van der Waals surface area (Å²) < 4.78 is 12.2. The quantitative estimate of drug-likeness (QED) is 0.280. The van der Waals surface area contributed by atoms with E-state index in [9.17, 15) is 0 Å². The molecule has 0 fully saturated rings. The topological polar surface area (TPSA) is 18.5 Å². The van der Waals surface area contributed by atoms with Crippen molar-refractivity contribution in [2.45, 2.75) is 12.0 Å². The SMILES string of the molecule is COCCc1ccc(C2(c3ccc4ccccc4c3)C=Cc3c(ccc4ccccc34)O2)cc1. The maximum absolute atomic E-state index is 6.96. The van der Waals surface area contributed by atoms with Crippen molar-refractivity contribution in [3.05, 3.63) is 131 Å². The Morgan fingerprint density at radius 3 is 2.24 bits per heavy atom. The van der Waals surface area contributed by atoms with Crippen molar-refractivity contribution in [2.75, 3.05) is 13.7 Å². The van der Waals surface area contributed by atoms with E-state index in [2.05, 4.69) is 115 Å². The first kappa shape index (κ1) is 20.7. The van der Waals surface area contributed by atoms with Crippen LogP contribution in [0, 0.1) is 0 Å². The third-order valence-electron chi connectivity index (χ3n) is 6.84. The molecule has 1 atom stereocenters. The lowest BCUT2D eigenvalue weighted by Crippen LogP contribution is -2.34. The fraction of sp³-hybridized carbons (Fsp3) is 0.125. The van der Waals surface area contributed by atoms with Gasteiger partial charge in [-0.05, 0) is 57.8 Å². The monoisotopic (exact) mass is 442 g/mol. The van der Waals surface area contributed by atoms with Gasteiger partial charge in [-0.15, -0.1) is 0 Å². The first-order valence-electron chi connectivity index (χ1n) is 11.7. The van der Waals surface area contributed by atoms with Gasteiger partial charge in [0.1, 0.15) is 5.75 Å². The second-order valence-corrected chi connectivity index (χ2v) is 8.87. The molecular weight excluding hydrogens is 416 g/mol. The molecule has 1 unspecified atom stereocenters. The summed E-state index contributed by atoms with van der Waals surface area (Å²) in [5, 5.41) is 4.85. The highest BCUT2D eigenvalue weighted by molar-refractivity contribution is 5.94. The van der Waals surface area contributed by atoms with Crippen molar-refractivity contribution < 1.29 is 9.47 Å². The molecule has 0 radical (unpaired) electrons. The van der Waals surface area contributed by atoms with Crippen molar-refractivity contribution >= 4 is 27.6 Å². The van der Waals surface area contributed by atoms with Crippen LogP contribution in [0.1, 0.15) is 22.3 Å². The Morgan fingerprint density at radius 1 is 0.706 bits per heavy atom. The molecule has 6 rings (SSSR count). The van der Waals surface area contributed by atoms with E-state index in [1.54, 1.807) is 7.11 Å². The lowest BCUT2D eigenvalue weighted by Gasteiger charge is -2.36. The molecule has 0 spiro atoms. The van der Waals surface area contributed by atoms with Gasteiger partial charge in [-0.3, -0.25) is 0 Å². The molecule has 1 heterocycles. The Bertz CT molecular complexity index is 1510. The zero-order valence-corrected chi connectivity index (χ0v) is 19.2. The van der Waals surface area contributed by atoms with Crippen LogP contribution in [0.5, 0.6) is 5.75 Å². The molecule has 0 aliphatic carbocycles. The standard InChI is InChI=1S/C32H26O2/c1-33-21-19-23-10-14-27(15-11-23)32(28-16-12-24-6-2-3-8-26(24)22-28)20-18-30-29-9-5-4-7-25(29)13-17-31(30)34-32/h2-18,20,22H,19,21H2,1H3. The second kappa shape index (κ2) is 8.48. The van der Waals surface area contributed by atoms with Gasteiger partial charge in [0.05, 0.1) is 6.61 Å². The van der Waals surface area contributed by atoms with E-state index >= 15 is 0 Å². The average molecular weight is 443 g/mol. The van der Waals surface area contributed by atoms with E-state index in [0.717, 1.165) is 28.9 Å². The van der Waals surface area contributed by atoms with Crippen LogP contribution in [-0.4, -0.2) is 13.7 Å². The van der Waals surface area contributed by atoms with Gasteiger partial charge in [0.15, 0.2) is 5.60 Å². The summed E-state index contributed by atoms with van der Waals surface area (Å²) in [5.41, 5.74) is 3.90. The molecule has 0 bridgehead atoms. The predicted octanol–water partition coefficient (Wildman–Crippen LogP) is 7.53. The summed E-state index contributed by atoms with van der Waals surface area (Å²) in [6.07, 6.45) is 5.34. The minimum Gasteiger partial charge on any atom is -0.473 e. The normalized spacial score (nSPS) is 17.0. The highest BCUT2D eigenvalue weighted by atomic mass is 16.5. The largest absolute Gasteiger partial charge is 0.473 e. The van der Waals surface area contributed by atoms with Gasteiger partial charge in [0.25, 0.3) is 0 Å². The molecule has 0 aromatic heterocycles. The van der Waals surface area contributed by atoms with Gasteiger partial charge >= 0.3 is 0 Å². The Morgan fingerprint density at radius 2 is 1.41 bits per heavy atom. The van der Waals surface area contributed by atoms with Crippen molar-refractivity contribution in [1.29, 1.82) is 0 Å². The van der Waals surface area contributed by atoms with Crippen LogP contribution in [0.4, 0.5) is 0 Å². The van der Waals surface area contributed by atoms with Gasteiger partial charge in [0.2, 0.25) is 0 Å². The molecular formula is C32H26O2. The molecule has 0 saturated carbocycles. The number of fused-ring (bicyclic) bond motifs is 4. The van der Waals surface area contributed by atoms with Gasteiger partial charge in [-0.25, -0.2) is 0 Å². The fourth-order valence-electron chi connectivity index (χ4n) is 4.98. The van der Waals surface area contributed by atoms with Crippen molar-refractivity contribution in [3.63, 3.8) is 0 Å². The Balaban J connectivity index is 1.52. The number of ether oxygens (including phenoxy) is 2. The lowest BCUT2D eigenvalue weighted by molar-refractivity contribution is 0.161. The molecule has 34 heavy (non-hydrogen) atoms. The van der Waals surface area contributed by atoms with E-state index in [1.165, 1.54) is 27.1 Å². The number of hydrogen-bond donors (Lipinski definition) is 0. The number of hydrogen-bond acceptors (Lipinski definition) is 2. The summed E-state index contributed by atoms with van der Waals surface area (Å²) in [6, 6.07) is 36.6. The van der Waals surface area contributed by atoms with Crippen LogP contribution in [-0.2, 0) is 16.8 Å². The number of methoxy groups -OCH3 is 1. The summed E-state index contributed by atoms with van der Waals surface area (Å²) in [5.74, 6) is 0.901. The van der Waals surface area contributed by atoms with Gasteiger partial charge in [0, 0.05) is 23.8 Å². The number of benzene rings is 5. The maximum atomic E-state index is 6.96. The first-order valence-corrected chi connectivity index (χ1v) is 11.7. The zero-order valence-electron chi connectivity index (χ0n) is 19.2. The van der Waals surface area contributed by atoms with Crippen molar-refractivity contribution in [3.8, 4) is 5.75 Å². The molecule has 1 aliphatic rings. The van der Waals surface area contributed by atoms with Gasteiger partial charge in [-0.2, -0.15) is 0 Å². The summed E-state index contributed by atoms with van der Waals surface area (Å²) in [7, 11) is 1.74. The number of rotatable bonds is 5. The summed E-state index contributed by atoms with van der Waals surface area (Å²) in [6.45, 7) is 0.714. The molecule has 5 aromatic carbocycles. The molecule has 1 aliphatic heterocycles. The zero-order chi connectivity index (χ0) is 23.0. The van der Waals surface area contributed by atoms with Crippen molar-refractivity contribution in [2.24, 2.45) is 0 Å². The first-order chi connectivity index (χ1) is 16.8. The van der Waals surface area contributed by atoms with E-state index < -0.39 is 5.60 Å². The van der Waals surface area contributed by atoms with Crippen LogP contribution in [0.15, 0.2) is 109 Å². The van der Waals surface area contributed by atoms with Crippen LogP contribution >= 0.6 is 0 Å². The molecule has 0 amide bonds. The van der Waals surface area contributed by atoms with E-state index in [1.807, 2.05) is 0 Å². The molecule has 166 valence electrons. The minimum atomic E-state index is -0.709. The van der Waals surface area contributed by atoms with Crippen LogP contribution in [0.25, 0.3) is 27.6 Å². The molecule has 2 heteroatoms. The van der Waals surface area contributed by atoms with Crippen LogP contribution < -0.4 is 4.74 Å².